The van der Waals surface area contributed by atoms with Crippen molar-refractivity contribution >= 4 is 0 Å². The summed E-state index contributed by atoms with van der Waals surface area (Å²) in [6.07, 6.45) is 2.31. The van der Waals surface area contributed by atoms with Crippen LogP contribution in [0.4, 0.5) is 0 Å². The van der Waals surface area contributed by atoms with E-state index in [1.54, 1.807) is 0 Å². The second kappa shape index (κ2) is 8.94. The highest BCUT2D eigenvalue weighted by Gasteiger charge is 2.04. The monoisotopic (exact) mass is 264 g/mol. The molecule has 0 saturated heterocycles. The lowest BCUT2D eigenvalue weighted by molar-refractivity contribution is 0.241. The quantitative estimate of drug-likeness (QED) is 0.697. The average Bonchev–Trinajstić information content (AvgIpc) is 2.44. The van der Waals surface area contributed by atoms with Crippen LogP contribution in [0.2, 0.25) is 0 Å². The Hall–Kier alpha value is -1.06. The van der Waals surface area contributed by atoms with Crippen LogP contribution in [0.15, 0.2) is 24.3 Å². The fourth-order valence-corrected chi connectivity index (χ4v) is 2.00. The van der Waals surface area contributed by atoms with E-state index in [1.807, 2.05) is 24.3 Å². The molecule has 0 bridgehead atoms. The Bertz CT molecular complexity index is 337. The number of rotatable bonds is 9. The topological polar surface area (TPSA) is 38.5 Å². The van der Waals surface area contributed by atoms with Crippen LogP contribution in [0, 0.1) is 5.92 Å². The lowest BCUT2D eigenvalue weighted by Crippen LogP contribution is -2.26. The second-order valence-corrected chi connectivity index (χ2v) is 5.33. The fraction of sp³-hybridized carbons (Fsp3) is 0.625. The molecule has 0 aliphatic rings. The van der Waals surface area contributed by atoms with Crippen LogP contribution in [0.25, 0.3) is 0 Å². The first kappa shape index (κ1) is 16.0. The van der Waals surface area contributed by atoms with E-state index in [2.05, 4.69) is 25.8 Å². The first-order chi connectivity index (χ1) is 9.15. The Kier molecular flexibility index (Phi) is 7.53. The van der Waals surface area contributed by atoms with E-state index in [-0.39, 0.29) is 0 Å². The summed E-state index contributed by atoms with van der Waals surface area (Å²) in [6.45, 7) is 8.15. The van der Waals surface area contributed by atoms with E-state index in [0.29, 0.717) is 6.54 Å². The minimum absolute atomic E-state index is 0.584. The van der Waals surface area contributed by atoms with Gasteiger partial charge in [0.15, 0.2) is 0 Å². The molecule has 0 amide bonds. The third kappa shape index (κ3) is 6.60. The lowest BCUT2D eigenvalue weighted by Gasteiger charge is -2.20. The normalized spacial score (nSPS) is 12.7. The summed E-state index contributed by atoms with van der Waals surface area (Å²) in [5.41, 5.74) is 6.70. The van der Waals surface area contributed by atoms with Crippen LogP contribution in [0.3, 0.4) is 0 Å². The lowest BCUT2D eigenvalue weighted by atomic mass is 10.1. The highest BCUT2D eigenvalue weighted by atomic mass is 16.5. The maximum absolute atomic E-state index is 5.72. The van der Waals surface area contributed by atoms with Crippen molar-refractivity contribution in [3.63, 3.8) is 0 Å². The number of hydrogen-bond acceptors (Lipinski definition) is 3. The standard InChI is InChI=1S/C16H28N2O/c1-4-14(2)13-18(3)10-5-11-19-16-8-6-15(12-17)7-9-16/h6-9,14H,4-5,10-13,17H2,1-3H3. The van der Waals surface area contributed by atoms with Crippen LogP contribution in [0.1, 0.15) is 32.3 Å². The van der Waals surface area contributed by atoms with Crippen LogP contribution >= 0.6 is 0 Å². The van der Waals surface area contributed by atoms with Crippen LogP contribution in [-0.2, 0) is 6.54 Å². The van der Waals surface area contributed by atoms with E-state index < -0.39 is 0 Å². The van der Waals surface area contributed by atoms with Crippen LogP contribution in [-0.4, -0.2) is 31.6 Å². The molecule has 1 aromatic carbocycles. The van der Waals surface area contributed by atoms with Gasteiger partial charge in [-0.15, -0.1) is 0 Å². The predicted octanol–water partition coefficient (Wildman–Crippen LogP) is 2.89. The third-order valence-corrected chi connectivity index (χ3v) is 3.43. The molecule has 0 aromatic heterocycles. The van der Waals surface area contributed by atoms with Crippen molar-refractivity contribution in [1.82, 2.24) is 4.90 Å². The van der Waals surface area contributed by atoms with Gasteiger partial charge in [-0.3, -0.25) is 0 Å². The van der Waals surface area contributed by atoms with Crippen molar-refractivity contribution < 1.29 is 4.74 Å². The molecule has 0 saturated carbocycles. The first-order valence-corrected chi connectivity index (χ1v) is 7.26. The summed E-state index contributed by atoms with van der Waals surface area (Å²) in [7, 11) is 2.18. The van der Waals surface area contributed by atoms with Gasteiger partial charge in [-0.2, -0.15) is 0 Å². The van der Waals surface area contributed by atoms with Crippen molar-refractivity contribution in [3.8, 4) is 5.75 Å². The second-order valence-electron chi connectivity index (χ2n) is 5.33. The molecule has 0 aliphatic heterocycles. The summed E-state index contributed by atoms with van der Waals surface area (Å²) in [6, 6.07) is 8.02. The number of nitrogens with two attached hydrogens (primary N) is 1. The maximum atomic E-state index is 5.72. The number of hydrogen-bond donors (Lipinski definition) is 1. The Morgan fingerprint density at radius 1 is 1.26 bits per heavy atom. The van der Waals surface area contributed by atoms with Crippen molar-refractivity contribution in [2.24, 2.45) is 11.7 Å². The van der Waals surface area contributed by atoms with Crippen molar-refractivity contribution in [3.05, 3.63) is 29.8 Å². The number of nitrogens with zero attached hydrogens (tertiary/aromatic N) is 1. The molecule has 0 aliphatic carbocycles. The van der Waals surface area contributed by atoms with Gasteiger partial charge in [0.05, 0.1) is 6.61 Å². The zero-order valence-electron chi connectivity index (χ0n) is 12.6. The summed E-state index contributed by atoms with van der Waals surface area (Å²) >= 11 is 0. The van der Waals surface area contributed by atoms with Gasteiger partial charge in [0.25, 0.3) is 0 Å². The van der Waals surface area contributed by atoms with Crippen molar-refractivity contribution in [1.29, 1.82) is 0 Å². The Labute approximate surface area is 117 Å². The zero-order valence-corrected chi connectivity index (χ0v) is 12.6. The van der Waals surface area contributed by atoms with E-state index in [1.165, 1.54) is 13.0 Å². The van der Waals surface area contributed by atoms with E-state index >= 15 is 0 Å². The van der Waals surface area contributed by atoms with Crippen LogP contribution in [0.5, 0.6) is 5.75 Å². The van der Waals surface area contributed by atoms with Crippen molar-refractivity contribution in [2.75, 3.05) is 26.7 Å². The van der Waals surface area contributed by atoms with E-state index in [4.69, 9.17) is 10.5 Å². The van der Waals surface area contributed by atoms with Gasteiger partial charge in [-0.05, 0) is 37.1 Å². The smallest absolute Gasteiger partial charge is 0.119 e. The number of ether oxygens (including phenoxy) is 1. The average molecular weight is 264 g/mol. The SMILES string of the molecule is CCC(C)CN(C)CCCOc1ccc(CN)cc1. The molecule has 1 aromatic rings. The molecule has 0 heterocycles. The van der Waals surface area contributed by atoms with Gasteiger partial charge < -0.3 is 15.4 Å². The molecule has 108 valence electrons. The maximum Gasteiger partial charge on any atom is 0.119 e. The zero-order chi connectivity index (χ0) is 14.1. The van der Waals surface area contributed by atoms with Gasteiger partial charge in [-0.1, -0.05) is 32.4 Å². The van der Waals surface area contributed by atoms with Crippen molar-refractivity contribution in [2.45, 2.75) is 33.2 Å². The molecule has 0 radical (unpaired) electrons. The number of benzene rings is 1. The van der Waals surface area contributed by atoms with Gasteiger partial charge in [0, 0.05) is 19.6 Å². The molecular formula is C16H28N2O. The van der Waals surface area contributed by atoms with Crippen LogP contribution < -0.4 is 10.5 Å². The summed E-state index contributed by atoms with van der Waals surface area (Å²) in [4.78, 5) is 2.38. The molecule has 19 heavy (non-hydrogen) atoms. The van der Waals surface area contributed by atoms with E-state index in [0.717, 1.165) is 36.8 Å². The highest BCUT2D eigenvalue weighted by Crippen LogP contribution is 2.12. The molecule has 0 fully saturated rings. The van der Waals surface area contributed by atoms with Gasteiger partial charge >= 0.3 is 0 Å². The first-order valence-electron chi connectivity index (χ1n) is 7.26. The Balaban J connectivity index is 2.16. The third-order valence-electron chi connectivity index (χ3n) is 3.43. The summed E-state index contributed by atoms with van der Waals surface area (Å²) in [5, 5.41) is 0. The minimum Gasteiger partial charge on any atom is -0.494 e. The predicted molar refractivity (Wildman–Crippen MR) is 81.4 cm³/mol. The molecule has 3 nitrogen and oxygen atoms in total. The molecule has 3 heteroatoms. The van der Waals surface area contributed by atoms with E-state index in [9.17, 15) is 0 Å². The van der Waals surface area contributed by atoms with Gasteiger partial charge in [0.1, 0.15) is 5.75 Å². The Morgan fingerprint density at radius 3 is 2.53 bits per heavy atom. The largest absolute Gasteiger partial charge is 0.494 e. The molecule has 1 unspecified atom stereocenters. The molecule has 1 rings (SSSR count). The molecule has 1 atom stereocenters. The summed E-state index contributed by atoms with van der Waals surface area (Å²) in [5.74, 6) is 1.71. The molecule has 0 spiro atoms. The Morgan fingerprint density at radius 2 is 1.95 bits per heavy atom. The minimum atomic E-state index is 0.584. The molecule has 2 N–H and O–H groups in total. The highest BCUT2D eigenvalue weighted by molar-refractivity contribution is 5.26. The fourth-order valence-electron chi connectivity index (χ4n) is 2.00. The molecular weight excluding hydrogens is 236 g/mol. The van der Waals surface area contributed by atoms with Gasteiger partial charge in [-0.25, -0.2) is 0 Å². The van der Waals surface area contributed by atoms with Gasteiger partial charge in [0.2, 0.25) is 0 Å². The summed E-state index contributed by atoms with van der Waals surface area (Å²) < 4.78 is 5.72.